The molecular weight excluding hydrogens is 252 g/mol. The molecule has 0 saturated carbocycles. The van der Waals surface area contributed by atoms with Crippen LogP contribution in [0, 0.1) is 11.3 Å². The molecule has 0 aromatic heterocycles. The highest BCUT2D eigenvalue weighted by molar-refractivity contribution is 5.23. The summed E-state index contributed by atoms with van der Waals surface area (Å²) in [4.78, 5) is 0. The zero-order valence-electron chi connectivity index (χ0n) is 15.0. The maximum absolute atomic E-state index is 2.38. The van der Waals surface area contributed by atoms with Gasteiger partial charge in [-0.1, -0.05) is 63.6 Å². The van der Waals surface area contributed by atoms with Gasteiger partial charge < -0.3 is 0 Å². The first-order valence-corrected chi connectivity index (χ1v) is 8.47. The topological polar surface area (TPSA) is 0 Å². The summed E-state index contributed by atoms with van der Waals surface area (Å²) >= 11 is 0. The summed E-state index contributed by atoms with van der Waals surface area (Å²) in [7, 11) is 0. The predicted molar refractivity (Wildman–Crippen MR) is 95.8 cm³/mol. The molecule has 0 N–H and O–H groups in total. The Kier molecular flexibility index (Phi) is 7.22. The largest absolute Gasteiger partial charge is 0.0859 e. The fourth-order valence-corrected chi connectivity index (χ4v) is 2.65. The summed E-state index contributed by atoms with van der Waals surface area (Å²) in [5, 5.41) is 0. The Hall–Kier alpha value is -1.04. The van der Waals surface area contributed by atoms with Gasteiger partial charge in [0.05, 0.1) is 0 Å². The smallest absolute Gasteiger partial charge is 0.0230 e. The Morgan fingerprint density at radius 2 is 1.57 bits per heavy atom. The molecular formula is C21H34. The number of allylic oxidation sites excluding steroid dienone is 2. The molecule has 0 heterocycles. The van der Waals surface area contributed by atoms with Crippen LogP contribution in [0.1, 0.15) is 71.9 Å². The van der Waals surface area contributed by atoms with Crippen LogP contribution in [0.5, 0.6) is 0 Å². The molecule has 1 unspecified atom stereocenters. The summed E-state index contributed by atoms with van der Waals surface area (Å²) < 4.78 is 0. The average molecular weight is 287 g/mol. The molecule has 0 saturated heterocycles. The zero-order chi connectivity index (χ0) is 15.9. The van der Waals surface area contributed by atoms with Crippen molar-refractivity contribution in [3.05, 3.63) is 47.0 Å². The van der Waals surface area contributed by atoms with Crippen molar-refractivity contribution < 1.29 is 0 Å². The molecule has 0 fully saturated rings. The summed E-state index contributed by atoms with van der Waals surface area (Å²) in [5.74, 6) is 0.815. The van der Waals surface area contributed by atoms with Gasteiger partial charge >= 0.3 is 0 Å². The van der Waals surface area contributed by atoms with E-state index in [1.54, 1.807) is 0 Å². The molecule has 1 atom stereocenters. The quantitative estimate of drug-likeness (QED) is 0.496. The minimum atomic E-state index is 0.376. The van der Waals surface area contributed by atoms with Crippen molar-refractivity contribution in [1.29, 1.82) is 0 Å². The third-order valence-electron chi connectivity index (χ3n) is 3.90. The second-order valence-electron chi connectivity index (χ2n) is 8.06. The van der Waals surface area contributed by atoms with Crippen LogP contribution in [-0.4, -0.2) is 0 Å². The van der Waals surface area contributed by atoms with Crippen molar-refractivity contribution in [1.82, 2.24) is 0 Å². The number of hydrogen-bond donors (Lipinski definition) is 0. The van der Waals surface area contributed by atoms with Gasteiger partial charge in [-0.3, -0.25) is 0 Å². The van der Waals surface area contributed by atoms with Gasteiger partial charge in [-0.25, -0.2) is 0 Å². The van der Waals surface area contributed by atoms with E-state index in [0.717, 1.165) is 12.3 Å². The SMILES string of the molecule is CC(C)=CCCC(C)CCc1ccc(CC(C)(C)C)cc1. The molecule has 0 heteroatoms. The molecule has 21 heavy (non-hydrogen) atoms. The van der Waals surface area contributed by atoms with E-state index in [4.69, 9.17) is 0 Å². The highest BCUT2D eigenvalue weighted by atomic mass is 14.2. The van der Waals surface area contributed by atoms with Crippen molar-refractivity contribution in [3.63, 3.8) is 0 Å². The molecule has 0 aliphatic rings. The average Bonchev–Trinajstić information content (AvgIpc) is 2.35. The maximum atomic E-state index is 2.38. The number of rotatable bonds is 7. The Bertz CT molecular complexity index is 424. The third kappa shape index (κ3) is 8.75. The lowest BCUT2D eigenvalue weighted by atomic mass is 9.87. The maximum Gasteiger partial charge on any atom is -0.0230 e. The van der Waals surface area contributed by atoms with E-state index < -0.39 is 0 Å². The monoisotopic (exact) mass is 286 g/mol. The molecule has 0 bridgehead atoms. The van der Waals surface area contributed by atoms with Crippen LogP contribution in [0.2, 0.25) is 0 Å². The Labute approximate surface area is 132 Å². The lowest BCUT2D eigenvalue weighted by molar-refractivity contribution is 0.411. The molecule has 118 valence electrons. The highest BCUT2D eigenvalue weighted by Gasteiger charge is 2.11. The number of hydrogen-bond acceptors (Lipinski definition) is 0. The summed E-state index contributed by atoms with van der Waals surface area (Å²) in [6.45, 7) is 13.7. The molecule has 0 aliphatic heterocycles. The number of aryl methyl sites for hydroxylation is 1. The number of benzene rings is 1. The van der Waals surface area contributed by atoms with Gasteiger partial charge in [-0.2, -0.15) is 0 Å². The van der Waals surface area contributed by atoms with E-state index in [-0.39, 0.29) is 0 Å². The second kappa shape index (κ2) is 8.41. The standard InChI is InChI=1S/C21H34/c1-17(2)8-7-9-18(3)10-11-19-12-14-20(15-13-19)16-21(4,5)6/h8,12-15,18H,7,9-11,16H2,1-6H3. The minimum Gasteiger partial charge on any atom is -0.0859 e. The molecule has 1 rings (SSSR count). The van der Waals surface area contributed by atoms with E-state index in [0.29, 0.717) is 5.41 Å². The Morgan fingerprint density at radius 1 is 1.00 bits per heavy atom. The predicted octanol–water partition coefficient (Wildman–Crippen LogP) is 6.59. The fourth-order valence-electron chi connectivity index (χ4n) is 2.65. The molecule has 0 spiro atoms. The van der Waals surface area contributed by atoms with E-state index in [1.165, 1.54) is 42.4 Å². The van der Waals surface area contributed by atoms with Gasteiger partial charge in [0.25, 0.3) is 0 Å². The minimum absolute atomic E-state index is 0.376. The lowest BCUT2D eigenvalue weighted by Gasteiger charge is -2.18. The molecule has 1 aromatic carbocycles. The normalized spacial score (nSPS) is 13.0. The van der Waals surface area contributed by atoms with Crippen LogP contribution >= 0.6 is 0 Å². The van der Waals surface area contributed by atoms with E-state index in [1.807, 2.05) is 0 Å². The van der Waals surface area contributed by atoms with Gasteiger partial charge in [0, 0.05) is 0 Å². The van der Waals surface area contributed by atoms with Crippen molar-refractivity contribution in [2.24, 2.45) is 11.3 Å². The molecule has 0 radical (unpaired) electrons. The van der Waals surface area contributed by atoms with Crippen molar-refractivity contribution in [2.75, 3.05) is 0 Å². The van der Waals surface area contributed by atoms with Crippen LogP contribution in [0.15, 0.2) is 35.9 Å². The van der Waals surface area contributed by atoms with Gasteiger partial charge in [0.2, 0.25) is 0 Å². The lowest BCUT2D eigenvalue weighted by Crippen LogP contribution is -2.09. The van der Waals surface area contributed by atoms with Crippen LogP contribution in [-0.2, 0) is 12.8 Å². The first-order chi connectivity index (χ1) is 9.76. The Morgan fingerprint density at radius 3 is 2.10 bits per heavy atom. The van der Waals surface area contributed by atoms with Crippen molar-refractivity contribution in [2.45, 2.75) is 73.6 Å². The first kappa shape index (κ1) is 18.0. The third-order valence-corrected chi connectivity index (χ3v) is 3.90. The van der Waals surface area contributed by atoms with Gasteiger partial charge in [0.15, 0.2) is 0 Å². The second-order valence-corrected chi connectivity index (χ2v) is 8.06. The van der Waals surface area contributed by atoms with E-state index in [2.05, 4.69) is 71.9 Å². The molecule has 0 amide bonds. The Balaban J connectivity index is 2.37. The van der Waals surface area contributed by atoms with Crippen LogP contribution < -0.4 is 0 Å². The van der Waals surface area contributed by atoms with Crippen LogP contribution in [0.4, 0.5) is 0 Å². The zero-order valence-corrected chi connectivity index (χ0v) is 15.0. The summed E-state index contributed by atoms with van der Waals surface area (Å²) in [6, 6.07) is 9.27. The van der Waals surface area contributed by atoms with E-state index >= 15 is 0 Å². The molecule has 0 aliphatic carbocycles. The molecule has 0 nitrogen and oxygen atoms in total. The van der Waals surface area contributed by atoms with Crippen LogP contribution in [0.3, 0.4) is 0 Å². The first-order valence-electron chi connectivity index (χ1n) is 8.47. The van der Waals surface area contributed by atoms with Gasteiger partial charge in [0.1, 0.15) is 0 Å². The highest BCUT2D eigenvalue weighted by Crippen LogP contribution is 2.21. The van der Waals surface area contributed by atoms with Gasteiger partial charge in [-0.05, 0) is 68.4 Å². The summed E-state index contributed by atoms with van der Waals surface area (Å²) in [6.07, 6.45) is 8.58. The fraction of sp³-hybridized carbons (Fsp3) is 0.619. The van der Waals surface area contributed by atoms with Gasteiger partial charge in [-0.15, -0.1) is 0 Å². The molecule has 1 aromatic rings. The van der Waals surface area contributed by atoms with Crippen LogP contribution in [0.25, 0.3) is 0 Å². The summed E-state index contributed by atoms with van der Waals surface area (Å²) in [5.41, 5.74) is 4.77. The van der Waals surface area contributed by atoms with Crippen molar-refractivity contribution in [3.8, 4) is 0 Å². The van der Waals surface area contributed by atoms with Crippen molar-refractivity contribution >= 4 is 0 Å². The van der Waals surface area contributed by atoms with E-state index in [9.17, 15) is 0 Å².